The van der Waals surface area contributed by atoms with Crippen molar-refractivity contribution in [3.8, 4) is 0 Å². The van der Waals surface area contributed by atoms with E-state index in [0.29, 0.717) is 24.7 Å². The molecule has 0 aromatic heterocycles. The molecule has 1 heterocycles. The summed E-state index contributed by atoms with van der Waals surface area (Å²) in [5.74, 6) is -0.645. The van der Waals surface area contributed by atoms with Gasteiger partial charge in [0.15, 0.2) is 0 Å². The summed E-state index contributed by atoms with van der Waals surface area (Å²) < 4.78 is 40.0. The second-order valence-corrected chi connectivity index (χ2v) is 9.42. The Balaban J connectivity index is 1.53. The van der Waals surface area contributed by atoms with Gasteiger partial charge in [0, 0.05) is 37.7 Å². The number of likely N-dealkylation sites (N-methyl/N-ethyl adjacent to an activating group) is 1. The Morgan fingerprint density at radius 3 is 2.38 bits per heavy atom. The number of hydrogen-bond acceptors (Lipinski definition) is 4. The van der Waals surface area contributed by atoms with Crippen LogP contribution < -0.4 is 0 Å². The number of hydrogen-bond donors (Lipinski definition) is 0. The Labute approximate surface area is 175 Å². The van der Waals surface area contributed by atoms with Gasteiger partial charge in [-0.3, -0.25) is 9.69 Å². The predicted octanol–water partition coefficient (Wildman–Crippen LogP) is 2.44. The molecule has 0 radical (unpaired) electrons. The van der Waals surface area contributed by atoms with Crippen molar-refractivity contribution in [2.45, 2.75) is 11.4 Å². The molecule has 1 aliphatic rings. The lowest BCUT2D eigenvalue weighted by Gasteiger charge is -2.34. The fourth-order valence-electron chi connectivity index (χ4n) is 3.24. The molecule has 9 heteroatoms. The number of nitrogens with zero attached hydrogens (tertiary/aromatic N) is 3. The number of sulfonamides is 1. The van der Waals surface area contributed by atoms with Crippen LogP contribution in [0.2, 0.25) is 5.02 Å². The van der Waals surface area contributed by atoms with Gasteiger partial charge in [0.1, 0.15) is 5.82 Å². The Morgan fingerprint density at radius 2 is 1.76 bits per heavy atom. The standard InChI is InChI=1S/C20H23ClFN3O3S/c1-23(14-16-5-7-17(21)8-6-16)15-20(26)24-9-11-25(12-10-24)29(27,28)19-4-2-3-18(22)13-19/h2-8,13H,9-12,14-15H2,1H3. The highest BCUT2D eigenvalue weighted by atomic mass is 35.5. The summed E-state index contributed by atoms with van der Waals surface area (Å²) in [6.07, 6.45) is 0. The van der Waals surface area contributed by atoms with Crippen molar-refractivity contribution < 1.29 is 17.6 Å². The average Bonchev–Trinajstić information content (AvgIpc) is 2.70. The highest BCUT2D eigenvalue weighted by Gasteiger charge is 2.30. The molecule has 0 N–H and O–H groups in total. The maximum Gasteiger partial charge on any atom is 0.243 e. The Morgan fingerprint density at radius 1 is 1.10 bits per heavy atom. The third-order valence-electron chi connectivity index (χ3n) is 4.80. The monoisotopic (exact) mass is 439 g/mol. The second kappa shape index (κ2) is 9.21. The van der Waals surface area contributed by atoms with Gasteiger partial charge in [-0.25, -0.2) is 12.8 Å². The van der Waals surface area contributed by atoms with Crippen molar-refractivity contribution >= 4 is 27.5 Å². The van der Waals surface area contributed by atoms with E-state index in [9.17, 15) is 17.6 Å². The van der Waals surface area contributed by atoms with E-state index in [-0.39, 0.29) is 30.4 Å². The van der Waals surface area contributed by atoms with Crippen molar-refractivity contribution in [1.82, 2.24) is 14.1 Å². The Bertz CT molecular complexity index is 961. The number of rotatable bonds is 6. The minimum absolute atomic E-state index is 0.0516. The molecular formula is C20H23ClFN3O3S. The highest BCUT2D eigenvalue weighted by Crippen LogP contribution is 2.18. The van der Waals surface area contributed by atoms with Gasteiger partial charge in [0.25, 0.3) is 0 Å². The molecule has 2 aromatic rings. The van der Waals surface area contributed by atoms with Gasteiger partial charge in [0.05, 0.1) is 11.4 Å². The summed E-state index contributed by atoms with van der Waals surface area (Å²) in [5.41, 5.74) is 1.05. The van der Waals surface area contributed by atoms with E-state index in [1.54, 1.807) is 4.90 Å². The number of halogens is 2. The van der Waals surface area contributed by atoms with Crippen LogP contribution in [0, 0.1) is 5.82 Å². The molecule has 0 atom stereocenters. The lowest BCUT2D eigenvalue weighted by Crippen LogP contribution is -2.52. The second-order valence-electron chi connectivity index (χ2n) is 7.04. The molecule has 6 nitrogen and oxygen atoms in total. The van der Waals surface area contributed by atoms with E-state index in [1.165, 1.54) is 22.5 Å². The van der Waals surface area contributed by atoms with Gasteiger partial charge >= 0.3 is 0 Å². The maximum atomic E-state index is 13.4. The molecular weight excluding hydrogens is 417 g/mol. The van der Waals surface area contributed by atoms with E-state index < -0.39 is 15.8 Å². The molecule has 2 aromatic carbocycles. The van der Waals surface area contributed by atoms with Crippen molar-refractivity contribution in [2.75, 3.05) is 39.8 Å². The summed E-state index contributed by atoms with van der Waals surface area (Å²) >= 11 is 5.88. The zero-order valence-corrected chi connectivity index (χ0v) is 17.7. The van der Waals surface area contributed by atoms with Gasteiger partial charge < -0.3 is 4.90 Å². The SMILES string of the molecule is CN(CC(=O)N1CCN(S(=O)(=O)c2cccc(F)c2)CC1)Cc1ccc(Cl)cc1. The zero-order valence-electron chi connectivity index (χ0n) is 16.1. The van der Waals surface area contributed by atoms with E-state index >= 15 is 0 Å². The van der Waals surface area contributed by atoms with Crippen molar-refractivity contribution in [3.05, 3.63) is 64.9 Å². The zero-order chi connectivity index (χ0) is 21.0. The van der Waals surface area contributed by atoms with Gasteiger partial charge in [-0.05, 0) is 42.9 Å². The van der Waals surface area contributed by atoms with Crippen LogP contribution in [0.25, 0.3) is 0 Å². The quantitative estimate of drug-likeness (QED) is 0.693. The first-order valence-corrected chi connectivity index (χ1v) is 11.0. The number of carbonyl (C=O) groups excluding carboxylic acids is 1. The molecule has 0 aliphatic carbocycles. The third-order valence-corrected chi connectivity index (χ3v) is 6.94. The fraction of sp³-hybridized carbons (Fsp3) is 0.350. The Kier molecular flexibility index (Phi) is 6.89. The molecule has 0 unspecified atom stereocenters. The van der Waals surface area contributed by atoms with Crippen LogP contribution in [0.1, 0.15) is 5.56 Å². The first kappa shape index (κ1) is 21.7. The van der Waals surface area contributed by atoms with Crippen LogP contribution >= 0.6 is 11.6 Å². The van der Waals surface area contributed by atoms with Crippen LogP contribution in [0.5, 0.6) is 0 Å². The number of amides is 1. The summed E-state index contributed by atoms with van der Waals surface area (Å²) in [5, 5.41) is 0.665. The van der Waals surface area contributed by atoms with E-state index in [1.807, 2.05) is 36.2 Å². The van der Waals surface area contributed by atoms with Crippen LogP contribution in [0.3, 0.4) is 0 Å². The molecule has 1 saturated heterocycles. The van der Waals surface area contributed by atoms with Gasteiger partial charge in [-0.15, -0.1) is 0 Å². The summed E-state index contributed by atoms with van der Waals surface area (Å²) in [6, 6.07) is 12.4. The third kappa shape index (κ3) is 5.54. The smallest absolute Gasteiger partial charge is 0.243 e. The number of benzene rings is 2. The molecule has 0 spiro atoms. The average molecular weight is 440 g/mol. The topological polar surface area (TPSA) is 60.9 Å². The molecule has 1 aliphatic heterocycles. The van der Waals surface area contributed by atoms with E-state index in [2.05, 4.69) is 0 Å². The predicted molar refractivity (Wildman–Crippen MR) is 110 cm³/mol. The van der Waals surface area contributed by atoms with Gasteiger partial charge in [-0.1, -0.05) is 29.8 Å². The first-order chi connectivity index (χ1) is 13.8. The lowest BCUT2D eigenvalue weighted by molar-refractivity contribution is -0.133. The lowest BCUT2D eigenvalue weighted by atomic mass is 10.2. The minimum Gasteiger partial charge on any atom is -0.339 e. The summed E-state index contributed by atoms with van der Waals surface area (Å²) in [6.45, 7) is 1.83. The largest absolute Gasteiger partial charge is 0.339 e. The van der Waals surface area contributed by atoms with E-state index in [4.69, 9.17) is 11.6 Å². The normalized spacial score (nSPS) is 15.7. The van der Waals surface area contributed by atoms with Gasteiger partial charge in [-0.2, -0.15) is 4.31 Å². The van der Waals surface area contributed by atoms with Crippen molar-refractivity contribution in [3.63, 3.8) is 0 Å². The van der Waals surface area contributed by atoms with E-state index in [0.717, 1.165) is 11.6 Å². The van der Waals surface area contributed by atoms with Crippen LogP contribution in [-0.2, 0) is 21.4 Å². The molecule has 1 fully saturated rings. The van der Waals surface area contributed by atoms with Crippen LogP contribution in [0.15, 0.2) is 53.4 Å². The van der Waals surface area contributed by atoms with Gasteiger partial charge in [0.2, 0.25) is 15.9 Å². The molecule has 3 rings (SSSR count). The molecule has 0 bridgehead atoms. The van der Waals surface area contributed by atoms with Crippen molar-refractivity contribution in [2.24, 2.45) is 0 Å². The molecule has 0 saturated carbocycles. The molecule has 156 valence electrons. The summed E-state index contributed by atoms with van der Waals surface area (Å²) in [4.78, 5) is 16.1. The molecule has 29 heavy (non-hydrogen) atoms. The Hall–Kier alpha value is -2.00. The maximum absolute atomic E-state index is 13.4. The molecule has 1 amide bonds. The number of carbonyl (C=O) groups is 1. The fourth-order valence-corrected chi connectivity index (χ4v) is 4.82. The highest BCUT2D eigenvalue weighted by molar-refractivity contribution is 7.89. The van der Waals surface area contributed by atoms with Crippen molar-refractivity contribution in [1.29, 1.82) is 0 Å². The first-order valence-electron chi connectivity index (χ1n) is 9.22. The number of piperazine rings is 1. The minimum atomic E-state index is -3.77. The summed E-state index contributed by atoms with van der Waals surface area (Å²) in [7, 11) is -1.91. The van der Waals surface area contributed by atoms with Crippen LogP contribution in [-0.4, -0.2) is 68.2 Å². The van der Waals surface area contributed by atoms with Crippen LogP contribution in [0.4, 0.5) is 4.39 Å².